The molecule has 0 aromatic heterocycles. The van der Waals surface area contributed by atoms with Gasteiger partial charge in [0.2, 0.25) is 5.91 Å². The molecule has 0 heterocycles. The Morgan fingerprint density at radius 2 is 1.93 bits per heavy atom. The minimum absolute atomic E-state index is 0.195. The Labute approximate surface area is 95.9 Å². The van der Waals surface area contributed by atoms with E-state index in [1.807, 2.05) is 0 Å². The monoisotopic (exact) mass is 289 g/mol. The zero-order chi connectivity index (χ0) is 12.1. The fraction of sp³-hybridized carbons (Fsp3) is 0.889. The lowest BCUT2D eigenvalue weighted by Crippen LogP contribution is -2.39. The van der Waals surface area contributed by atoms with Crippen molar-refractivity contribution in [2.75, 3.05) is 11.9 Å². The highest BCUT2D eigenvalue weighted by atomic mass is 79.9. The Balaban J connectivity index is 4.29. The van der Waals surface area contributed by atoms with Crippen molar-refractivity contribution in [1.82, 2.24) is 4.90 Å². The van der Waals surface area contributed by atoms with Crippen LogP contribution in [0.4, 0.5) is 13.2 Å². The molecule has 0 aromatic carbocycles. The zero-order valence-electron chi connectivity index (χ0n) is 8.77. The smallest absolute Gasteiger partial charge is 0.340 e. The summed E-state index contributed by atoms with van der Waals surface area (Å²) in [6.07, 6.45) is -5.13. The topological polar surface area (TPSA) is 20.3 Å². The van der Waals surface area contributed by atoms with Gasteiger partial charge in [0, 0.05) is 17.9 Å². The first-order valence-electron chi connectivity index (χ1n) is 4.70. The minimum atomic E-state index is -4.42. The maximum Gasteiger partial charge on any atom is 0.397 e. The fourth-order valence-corrected chi connectivity index (χ4v) is 1.42. The summed E-state index contributed by atoms with van der Waals surface area (Å²) in [5, 5.41) is 0.676. The van der Waals surface area contributed by atoms with Crippen LogP contribution in [0, 0.1) is 0 Å². The van der Waals surface area contributed by atoms with Crippen molar-refractivity contribution in [2.45, 2.75) is 38.9 Å². The molecule has 90 valence electrons. The summed E-state index contributed by atoms with van der Waals surface area (Å²) >= 11 is 3.18. The van der Waals surface area contributed by atoms with Crippen LogP contribution in [0.1, 0.15) is 26.7 Å². The van der Waals surface area contributed by atoms with Crippen LogP contribution < -0.4 is 0 Å². The SMILES string of the molecule is CC(C)N(CCCBr)C(=O)CC(F)(F)F. The molecule has 0 radical (unpaired) electrons. The average molecular weight is 290 g/mol. The first kappa shape index (κ1) is 14.7. The van der Waals surface area contributed by atoms with E-state index >= 15 is 0 Å². The Bertz CT molecular complexity index is 206. The molecule has 0 N–H and O–H groups in total. The number of amides is 1. The van der Waals surface area contributed by atoms with Crippen LogP contribution in [0.15, 0.2) is 0 Å². The van der Waals surface area contributed by atoms with E-state index in [1.165, 1.54) is 4.90 Å². The Morgan fingerprint density at radius 3 is 2.27 bits per heavy atom. The molecular weight excluding hydrogens is 275 g/mol. The largest absolute Gasteiger partial charge is 0.397 e. The number of hydrogen-bond acceptors (Lipinski definition) is 1. The molecule has 0 aliphatic heterocycles. The summed E-state index contributed by atoms with van der Waals surface area (Å²) in [4.78, 5) is 12.6. The van der Waals surface area contributed by atoms with Crippen LogP contribution >= 0.6 is 15.9 Å². The summed E-state index contributed by atoms with van der Waals surface area (Å²) in [6.45, 7) is 3.78. The van der Waals surface area contributed by atoms with Gasteiger partial charge >= 0.3 is 6.18 Å². The molecule has 0 unspecified atom stereocenters. The number of rotatable bonds is 5. The van der Waals surface area contributed by atoms with E-state index in [9.17, 15) is 18.0 Å². The Kier molecular flexibility index (Phi) is 6.24. The molecule has 6 heteroatoms. The van der Waals surface area contributed by atoms with Crippen molar-refractivity contribution in [1.29, 1.82) is 0 Å². The Hall–Kier alpha value is -0.260. The summed E-state index contributed by atoms with van der Waals surface area (Å²) in [6, 6.07) is -0.195. The summed E-state index contributed by atoms with van der Waals surface area (Å²) in [5.41, 5.74) is 0. The van der Waals surface area contributed by atoms with E-state index in [0.29, 0.717) is 18.3 Å². The molecule has 15 heavy (non-hydrogen) atoms. The van der Waals surface area contributed by atoms with Crippen molar-refractivity contribution in [3.05, 3.63) is 0 Å². The zero-order valence-corrected chi connectivity index (χ0v) is 10.4. The predicted molar refractivity (Wildman–Crippen MR) is 55.9 cm³/mol. The van der Waals surface area contributed by atoms with E-state index in [1.54, 1.807) is 13.8 Å². The van der Waals surface area contributed by atoms with Gasteiger partial charge in [0.1, 0.15) is 6.42 Å². The van der Waals surface area contributed by atoms with Crippen LogP contribution in [-0.2, 0) is 4.79 Å². The lowest BCUT2D eigenvalue weighted by Gasteiger charge is -2.27. The van der Waals surface area contributed by atoms with E-state index in [-0.39, 0.29) is 6.04 Å². The second kappa shape index (κ2) is 6.35. The average Bonchev–Trinajstić information content (AvgIpc) is 2.00. The molecule has 0 saturated heterocycles. The third-order valence-electron chi connectivity index (χ3n) is 1.83. The normalized spacial score (nSPS) is 11.9. The number of hydrogen-bond donors (Lipinski definition) is 0. The quantitative estimate of drug-likeness (QED) is 0.713. The van der Waals surface area contributed by atoms with Gasteiger partial charge in [0.05, 0.1) is 0 Å². The van der Waals surface area contributed by atoms with Crippen LogP contribution in [0.3, 0.4) is 0 Å². The second-order valence-electron chi connectivity index (χ2n) is 3.52. The van der Waals surface area contributed by atoms with Gasteiger partial charge in [0.25, 0.3) is 0 Å². The summed E-state index contributed by atoms with van der Waals surface area (Å²) in [5.74, 6) is -0.849. The van der Waals surface area contributed by atoms with Crippen molar-refractivity contribution in [2.24, 2.45) is 0 Å². The minimum Gasteiger partial charge on any atom is -0.340 e. The number of alkyl halides is 4. The van der Waals surface area contributed by atoms with Crippen LogP contribution in [0.5, 0.6) is 0 Å². The van der Waals surface area contributed by atoms with E-state index in [0.717, 1.165) is 0 Å². The van der Waals surface area contributed by atoms with Gasteiger partial charge in [-0.1, -0.05) is 15.9 Å². The molecule has 0 bridgehead atoms. The third kappa shape index (κ3) is 6.76. The molecule has 0 aliphatic rings. The van der Waals surface area contributed by atoms with Crippen LogP contribution in [-0.4, -0.2) is 34.9 Å². The van der Waals surface area contributed by atoms with E-state index in [4.69, 9.17) is 0 Å². The number of carbonyl (C=O) groups is 1. The molecule has 0 saturated carbocycles. The molecule has 0 rings (SSSR count). The highest BCUT2D eigenvalue weighted by molar-refractivity contribution is 9.09. The molecular formula is C9H15BrF3NO. The highest BCUT2D eigenvalue weighted by Crippen LogP contribution is 2.21. The number of carbonyl (C=O) groups excluding carboxylic acids is 1. The molecule has 0 atom stereocenters. The first-order valence-corrected chi connectivity index (χ1v) is 5.82. The maximum absolute atomic E-state index is 12.0. The first-order chi connectivity index (χ1) is 6.78. The summed E-state index contributed by atoms with van der Waals surface area (Å²) in [7, 11) is 0. The second-order valence-corrected chi connectivity index (χ2v) is 4.31. The van der Waals surface area contributed by atoms with Crippen molar-refractivity contribution in [3.8, 4) is 0 Å². The van der Waals surface area contributed by atoms with E-state index < -0.39 is 18.5 Å². The van der Waals surface area contributed by atoms with Crippen LogP contribution in [0.2, 0.25) is 0 Å². The Morgan fingerprint density at radius 1 is 1.40 bits per heavy atom. The highest BCUT2D eigenvalue weighted by Gasteiger charge is 2.33. The van der Waals surface area contributed by atoms with Crippen molar-refractivity contribution < 1.29 is 18.0 Å². The molecule has 0 spiro atoms. The van der Waals surface area contributed by atoms with Gasteiger partial charge in [-0.15, -0.1) is 0 Å². The standard InChI is InChI=1S/C9H15BrF3NO/c1-7(2)14(5-3-4-10)8(15)6-9(11,12)13/h7H,3-6H2,1-2H3. The van der Waals surface area contributed by atoms with Crippen molar-refractivity contribution in [3.63, 3.8) is 0 Å². The van der Waals surface area contributed by atoms with Crippen LogP contribution in [0.25, 0.3) is 0 Å². The lowest BCUT2D eigenvalue weighted by molar-refractivity contribution is -0.162. The van der Waals surface area contributed by atoms with Gasteiger partial charge in [-0.05, 0) is 20.3 Å². The number of halogens is 4. The fourth-order valence-electron chi connectivity index (χ4n) is 1.17. The van der Waals surface area contributed by atoms with Gasteiger partial charge in [-0.2, -0.15) is 13.2 Å². The van der Waals surface area contributed by atoms with Gasteiger partial charge in [-0.25, -0.2) is 0 Å². The van der Waals surface area contributed by atoms with Gasteiger partial charge in [0.15, 0.2) is 0 Å². The molecule has 2 nitrogen and oxygen atoms in total. The van der Waals surface area contributed by atoms with Gasteiger partial charge < -0.3 is 4.90 Å². The summed E-state index contributed by atoms with van der Waals surface area (Å²) < 4.78 is 36.0. The predicted octanol–water partition coefficient (Wildman–Crippen LogP) is 2.96. The lowest BCUT2D eigenvalue weighted by atomic mass is 10.2. The molecule has 0 aliphatic carbocycles. The van der Waals surface area contributed by atoms with Crippen molar-refractivity contribution >= 4 is 21.8 Å². The molecule has 0 aromatic rings. The molecule has 0 fully saturated rings. The molecule has 1 amide bonds. The maximum atomic E-state index is 12.0. The van der Waals surface area contributed by atoms with E-state index in [2.05, 4.69) is 15.9 Å². The number of nitrogens with zero attached hydrogens (tertiary/aromatic N) is 1. The van der Waals surface area contributed by atoms with Gasteiger partial charge in [-0.3, -0.25) is 4.79 Å². The third-order valence-corrected chi connectivity index (χ3v) is 2.39.